The third kappa shape index (κ3) is 1.26. The topological polar surface area (TPSA) is 76.7 Å². The molecule has 0 saturated carbocycles. The SMILES string of the molecule is O=C(O)c1cc2c(o1)C(Cl)=CCN2[O-]. The van der Waals surface area contributed by atoms with Gasteiger partial charge in [0.15, 0.2) is 5.76 Å². The van der Waals surface area contributed by atoms with Gasteiger partial charge in [0.1, 0.15) is 0 Å². The van der Waals surface area contributed by atoms with E-state index in [4.69, 9.17) is 21.1 Å². The number of halogens is 1. The molecule has 0 amide bonds. The number of nitrogens with zero attached hydrogens (tertiary/aromatic N) is 1. The van der Waals surface area contributed by atoms with Gasteiger partial charge in [0.05, 0.1) is 10.7 Å². The molecule has 6 heteroatoms. The Kier molecular flexibility index (Phi) is 1.98. The summed E-state index contributed by atoms with van der Waals surface area (Å²) in [6, 6.07) is 1.17. The number of carbonyl (C=O) groups is 1. The van der Waals surface area contributed by atoms with E-state index in [0.29, 0.717) is 5.06 Å². The van der Waals surface area contributed by atoms with Crippen LogP contribution in [0.5, 0.6) is 0 Å². The van der Waals surface area contributed by atoms with Gasteiger partial charge in [-0.25, -0.2) is 4.79 Å². The van der Waals surface area contributed by atoms with Gasteiger partial charge in [-0.05, 0) is 6.08 Å². The van der Waals surface area contributed by atoms with Gasteiger partial charge in [0.2, 0.25) is 5.76 Å². The van der Waals surface area contributed by atoms with Crippen LogP contribution in [0.2, 0.25) is 0 Å². The van der Waals surface area contributed by atoms with Gasteiger partial charge in [-0.15, -0.1) is 0 Å². The van der Waals surface area contributed by atoms with Crippen LogP contribution in [0, 0.1) is 5.21 Å². The summed E-state index contributed by atoms with van der Waals surface area (Å²) in [5, 5.41) is 20.7. The maximum absolute atomic E-state index is 11.2. The van der Waals surface area contributed by atoms with Crippen LogP contribution >= 0.6 is 11.6 Å². The van der Waals surface area contributed by atoms with Crippen LogP contribution in [-0.4, -0.2) is 17.6 Å². The molecule has 5 nitrogen and oxygen atoms in total. The Bertz CT molecular complexity index is 423. The van der Waals surface area contributed by atoms with Crippen molar-refractivity contribution in [1.82, 2.24) is 0 Å². The van der Waals surface area contributed by atoms with Crippen molar-refractivity contribution in [2.24, 2.45) is 0 Å². The largest absolute Gasteiger partial charge is 0.758 e. The molecule has 2 rings (SSSR count). The molecule has 14 heavy (non-hydrogen) atoms. The van der Waals surface area contributed by atoms with Crippen LogP contribution in [0.1, 0.15) is 16.3 Å². The van der Waals surface area contributed by atoms with E-state index in [1.54, 1.807) is 0 Å². The molecular weight excluding hydrogens is 210 g/mol. The second-order valence-corrected chi connectivity index (χ2v) is 3.15. The van der Waals surface area contributed by atoms with E-state index in [0.717, 1.165) is 0 Å². The molecule has 0 fully saturated rings. The Balaban J connectivity index is 2.54. The zero-order valence-electron chi connectivity index (χ0n) is 6.86. The Morgan fingerprint density at radius 3 is 3.00 bits per heavy atom. The van der Waals surface area contributed by atoms with Crippen molar-refractivity contribution < 1.29 is 14.3 Å². The summed E-state index contributed by atoms with van der Waals surface area (Å²) in [7, 11) is 0. The van der Waals surface area contributed by atoms with Crippen LogP contribution in [0.25, 0.3) is 5.03 Å². The monoisotopic (exact) mass is 214 g/mol. The number of fused-ring (bicyclic) bond motifs is 1. The molecule has 0 radical (unpaired) electrons. The lowest BCUT2D eigenvalue weighted by atomic mass is 10.2. The van der Waals surface area contributed by atoms with Gasteiger partial charge >= 0.3 is 5.97 Å². The lowest BCUT2D eigenvalue weighted by molar-refractivity contribution is 0.0662. The highest BCUT2D eigenvalue weighted by Crippen LogP contribution is 2.35. The molecule has 0 saturated heterocycles. The minimum Gasteiger partial charge on any atom is -0.758 e. The zero-order chi connectivity index (χ0) is 10.3. The number of anilines is 1. The van der Waals surface area contributed by atoms with Crippen molar-refractivity contribution in [3.8, 4) is 0 Å². The fourth-order valence-corrected chi connectivity index (χ4v) is 1.40. The number of carboxylic acids is 1. The predicted molar refractivity (Wildman–Crippen MR) is 50.2 cm³/mol. The van der Waals surface area contributed by atoms with E-state index in [-0.39, 0.29) is 28.8 Å². The van der Waals surface area contributed by atoms with E-state index in [2.05, 4.69) is 0 Å². The summed E-state index contributed by atoms with van der Waals surface area (Å²) in [4.78, 5) is 10.6. The molecule has 0 aromatic carbocycles. The molecule has 0 unspecified atom stereocenters. The Labute approximate surface area is 83.8 Å². The van der Waals surface area contributed by atoms with Crippen molar-refractivity contribution in [2.75, 3.05) is 11.6 Å². The van der Waals surface area contributed by atoms with Gasteiger partial charge in [-0.3, -0.25) is 0 Å². The fraction of sp³-hybridized carbons (Fsp3) is 0.125. The van der Waals surface area contributed by atoms with Crippen LogP contribution in [0.15, 0.2) is 16.6 Å². The minimum atomic E-state index is -1.22. The first kappa shape index (κ1) is 9.11. The number of hydrogen-bond acceptors (Lipinski definition) is 4. The molecule has 0 aliphatic carbocycles. The Morgan fingerprint density at radius 2 is 2.43 bits per heavy atom. The number of hydroxylamine groups is 1. The molecule has 1 N–H and O–H groups in total. The van der Waals surface area contributed by atoms with Crippen molar-refractivity contribution in [1.29, 1.82) is 0 Å². The summed E-state index contributed by atoms with van der Waals surface area (Å²) < 4.78 is 4.91. The Hall–Kier alpha value is -1.46. The predicted octanol–water partition coefficient (Wildman–Crippen LogP) is 1.88. The van der Waals surface area contributed by atoms with Crippen LogP contribution in [0.3, 0.4) is 0 Å². The third-order valence-electron chi connectivity index (χ3n) is 1.85. The lowest BCUT2D eigenvalue weighted by Gasteiger charge is -2.31. The number of aromatic carboxylic acids is 1. The van der Waals surface area contributed by atoms with E-state index < -0.39 is 5.97 Å². The van der Waals surface area contributed by atoms with Gasteiger partial charge in [-0.1, -0.05) is 11.6 Å². The van der Waals surface area contributed by atoms with E-state index >= 15 is 0 Å². The molecule has 1 aromatic rings. The summed E-state index contributed by atoms with van der Waals surface area (Å²) in [6.07, 6.45) is 1.46. The molecule has 0 atom stereocenters. The highest BCUT2D eigenvalue weighted by atomic mass is 35.5. The molecule has 2 heterocycles. The highest BCUT2D eigenvalue weighted by molar-refractivity contribution is 6.49. The van der Waals surface area contributed by atoms with Crippen molar-refractivity contribution in [2.45, 2.75) is 0 Å². The second-order valence-electron chi connectivity index (χ2n) is 2.74. The van der Waals surface area contributed by atoms with Gasteiger partial charge in [0, 0.05) is 12.6 Å². The number of furan rings is 1. The van der Waals surface area contributed by atoms with Crippen LogP contribution in [-0.2, 0) is 0 Å². The quantitative estimate of drug-likeness (QED) is 0.772. The molecule has 1 aromatic heterocycles. The highest BCUT2D eigenvalue weighted by Gasteiger charge is 2.21. The minimum absolute atomic E-state index is 0.102. The summed E-state index contributed by atoms with van der Waals surface area (Å²) in [5.41, 5.74) is 0.162. The lowest BCUT2D eigenvalue weighted by Crippen LogP contribution is -2.17. The molecular formula is C8H5ClNO4-. The van der Waals surface area contributed by atoms with E-state index in [9.17, 15) is 10.0 Å². The molecule has 74 valence electrons. The van der Waals surface area contributed by atoms with E-state index in [1.807, 2.05) is 0 Å². The van der Waals surface area contributed by atoms with Gasteiger partial charge < -0.3 is 19.8 Å². The summed E-state index contributed by atoms with van der Waals surface area (Å²) in [5.74, 6) is -1.40. The first-order valence-corrected chi connectivity index (χ1v) is 4.15. The molecule has 1 aliphatic rings. The summed E-state index contributed by atoms with van der Waals surface area (Å²) in [6.45, 7) is 0.102. The fourth-order valence-electron chi connectivity index (χ4n) is 1.20. The second kappa shape index (κ2) is 3.04. The normalized spacial score (nSPS) is 15.0. The molecule has 1 aliphatic heterocycles. The first-order chi connectivity index (χ1) is 6.59. The van der Waals surface area contributed by atoms with Crippen LogP contribution < -0.4 is 5.06 Å². The van der Waals surface area contributed by atoms with Crippen molar-refractivity contribution >= 4 is 28.3 Å². The maximum atomic E-state index is 11.2. The van der Waals surface area contributed by atoms with Crippen molar-refractivity contribution in [3.05, 3.63) is 28.9 Å². The number of rotatable bonds is 1. The average molecular weight is 215 g/mol. The number of carboxylic acid groups (broad SMARTS) is 1. The van der Waals surface area contributed by atoms with Crippen molar-refractivity contribution in [3.63, 3.8) is 0 Å². The molecule has 0 bridgehead atoms. The smallest absolute Gasteiger partial charge is 0.371 e. The van der Waals surface area contributed by atoms with Gasteiger partial charge in [-0.2, -0.15) is 0 Å². The van der Waals surface area contributed by atoms with Crippen LogP contribution in [0.4, 0.5) is 5.69 Å². The maximum Gasteiger partial charge on any atom is 0.371 e. The van der Waals surface area contributed by atoms with E-state index in [1.165, 1.54) is 12.1 Å². The first-order valence-electron chi connectivity index (χ1n) is 3.77. The Morgan fingerprint density at radius 1 is 1.71 bits per heavy atom. The average Bonchev–Trinajstić information content (AvgIpc) is 2.57. The zero-order valence-corrected chi connectivity index (χ0v) is 7.61. The number of hydrogen-bond donors (Lipinski definition) is 1. The molecule has 0 spiro atoms. The standard InChI is InChI=1S/C8H5ClNO4/c9-4-1-2-10(13)5-3-6(8(11)12)14-7(4)5/h1,3H,2H2,(H,11,12)/q-1. The summed E-state index contributed by atoms with van der Waals surface area (Å²) >= 11 is 5.74. The third-order valence-corrected chi connectivity index (χ3v) is 2.17. The van der Waals surface area contributed by atoms with Gasteiger partial charge in [0.25, 0.3) is 0 Å².